The highest BCUT2D eigenvalue weighted by molar-refractivity contribution is 5.82. The van der Waals surface area contributed by atoms with Crippen molar-refractivity contribution in [3.8, 4) is 11.1 Å². The van der Waals surface area contributed by atoms with Crippen molar-refractivity contribution in [2.75, 3.05) is 5.32 Å². The minimum atomic E-state index is -0.416. The maximum absolute atomic E-state index is 11.4. The van der Waals surface area contributed by atoms with Gasteiger partial charge in [-0.3, -0.25) is 14.9 Å². The van der Waals surface area contributed by atoms with E-state index in [0.29, 0.717) is 42.0 Å². The number of nitro groups is 1. The van der Waals surface area contributed by atoms with E-state index in [4.69, 9.17) is 4.52 Å². The smallest absolute Gasteiger partial charge is 0.292 e. The molecule has 0 saturated heterocycles. The van der Waals surface area contributed by atoms with Gasteiger partial charge in [-0.15, -0.1) is 0 Å². The highest BCUT2D eigenvalue weighted by Gasteiger charge is 2.25. The molecule has 1 aliphatic carbocycles. The molecule has 7 heteroatoms. The van der Waals surface area contributed by atoms with Crippen LogP contribution < -0.4 is 5.32 Å². The van der Waals surface area contributed by atoms with Gasteiger partial charge in [0.15, 0.2) is 0 Å². The van der Waals surface area contributed by atoms with Gasteiger partial charge in [-0.05, 0) is 31.9 Å². The number of nitrogens with one attached hydrogen (secondary N) is 1. The summed E-state index contributed by atoms with van der Waals surface area (Å²) in [5.41, 5.74) is 2.59. The molecule has 0 amide bonds. The number of aromatic nitrogens is 1. The van der Waals surface area contributed by atoms with E-state index in [2.05, 4.69) is 10.5 Å². The largest absolute Gasteiger partial charge is 0.376 e. The van der Waals surface area contributed by atoms with Crippen molar-refractivity contribution in [1.82, 2.24) is 5.16 Å². The van der Waals surface area contributed by atoms with E-state index >= 15 is 0 Å². The predicted molar refractivity (Wildman–Crippen MR) is 84.3 cm³/mol. The van der Waals surface area contributed by atoms with Crippen molar-refractivity contribution >= 4 is 17.2 Å². The third-order valence-electron chi connectivity index (χ3n) is 4.12. The number of anilines is 1. The maximum atomic E-state index is 11.4. The van der Waals surface area contributed by atoms with Gasteiger partial charge in [0.2, 0.25) is 0 Å². The summed E-state index contributed by atoms with van der Waals surface area (Å²) in [6, 6.07) is 4.97. The number of aryl methyl sites for hydroxylation is 2. The lowest BCUT2D eigenvalue weighted by molar-refractivity contribution is -0.383. The number of ketones is 1. The molecule has 1 heterocycles. The van der Waals surface area contributed by atoms with Crippen molar-refractivity contribution in [3.63, 3.8) is 0 Å². The van der Waals surface area contributed by atoms with Gasteiger partial charge in [0.1, 0.15) is 17.2 Å². The number of nitro benzene ring substituents is 1. The zero-order valence-electron chi connectivity index (χ0n) is 13.0. The molecule has 0 spiro atoms. The van der Waals surface area contributed by atoms with Gasteiger partial charge in [0.05, 0.1) is 10.6 Å². The summed E-state index contributed by atoms with van der Waals surface area (Å²) in [6.07, 6.45) is 1.66. The number of carbonyl (C=O) groups excluding carboxylic acids is 1. The zero-order valence-corrected chi connectivity index (χ0v) is 13.0. The summed E-state index contributed by atoms with van der Waals surface area (Å²) < 4.78 is 5.13. The average molecular weight is 315 g/mol. The van der Waals surface area contributed by atoms with Gasteiger partial charge in [0, 0.05) is 30.5 Å². The van der Waals surface area contributed by atoms with Gasteiger partial charge in [-0.2, -0.15) is 0 Å². The normalized spacial score (nSPS) is 17.5. The van der Waals surface area contributed by atoms with Gasteiger partial charge >= 0.3 is 0 Å². The molecule has 1 atom stereocenters. The number of nitrogens with zero attached hydrogens (tertiary/aromatic N) is 2. The van der Waals surface area contributed by atoms with Crippen molar-refractivity contribution in [2.24, 2.45) is 0 Å². The van der Waals surface area contributed by atoms with Gasteiger partial charge in [0.25, 0.3) is 5.69 Å². The van der Waals surface area contributed by atoms with Crippen LogP contribution in [-0.4, -0.2) is 21.9 Å². The van der Waals surface area contributed by atoms with Crippen molar-refractivity contribution in [2.45, 2.75) is 39.2 Å². The van der Waals surface area contributed by atoms with Gasteiger partial charge in [-0.1, -0.05) is 11.2 Å². The van der Waals surface area contributed by atoms with Crippen LogP contribution in [0.2, 0.25) is 0 Å². The molecule has 3 rings (SSSR count). The lowest BCUT2D eigenvalue weighted by Gasteiger charge is -2.13. The molecule has 0 aliphatic heterocycles. The monoisotopic (exact) mass is 315 g/mol. The van der Waals surface area contributed by atoms with E-state index in [1.165, 1.54) is 6.07 Å². The van der Waals surface area contributed by atoms with Crippen LogP contribution in [0.1, 0.15) is 30.7 Å². The first-order valence-electron chi connectivity index (χ1n) is 7.45. The van der Waals surface area contributed by atoms with Crippen LogP contribution >= 0.6 is 0 Å². The van der Waals surface area contributed by atoms with E-state index in [1.54, 1.807) is 26.0 Å². The Morgan fingerprint density at radius 1 is 1.39 bits per heavy atom. The Bertz CT molecular complexity index is 762. The fourth-order valence-electron chi connectivity index (χ4n) is 3.01. The van der Waals surface area contributed by atoms with E-state index < -0.39 is 4.92 Å². The van der Waals surface area contributed by atoms with Gasteiger partial charge in [-0.25, -0.2) is 0 Å². The molecule has 120 valence electrons. The van der Waals surface area contributed by atoms with Crippen LogP contribution in [0, 0.1) is 24.0 Å². The lowest BCUT2D eigenvalue weighted by Crippen LogP contribution is -2.16. The molecule has 1 aromatic carbocycles. The Morgan fingerprint density at radius 2 is 2.17 bits per heavy atom. The topological polar surface area (TPSA) is 98.3 Å². The summed E-state index contributed by atoms with van der Waals surface area (Å²) in [4.78, 5) is 22.4. The molecule has 1 fully saturated rings. The molecule has 1 aliphatic rings. The van der Waals surface area contributed by atoms with Crippen LogP contribution in [0.25, 0.3) is 11.1 Å². The first-order chi connectivity index (χ1) is 11.0. The Kier molecular flexibility index (Phi) is 3.85. The second kappa shape index (κ2) is 5.83. The molecule has 2 aromatic rings. The number of rotatable bonds is 4. The molecule has 7 nitrogen and oxygen atoms in total. The maximum Gasteiger partial charge on any atom is 0.292 e. The van der Waals surface area contributed by atoms with E-state index in [-0.39, 0.29) is 17.5 Å². The molecule has 1 unspecified atom stereocenters. The fraction of sp³-hybridized carbons (Fsp3) is 0.375. The lowest BCUT2D eigenvalue weighted by atomic mass is 10.0. The summed E-state index contributed by atoms with van der Waals surface area (Å²) in [5, 5.41) is 18.4. The molecule has 0 bridgehead atoms. The van der Waals surface area contributed by atoms with Gasteiger partial charge < -0.3 is 9.84 Å². The minimum absolute atomic E-state index is 0.0122. The second-order valence-corrected chi connectivity index (χ2v) is 5.81. The molecular weight excluding hydrogens is 298 g/mol. The second-order valence-electron chi connectivity index (χ2n) is 5.81. The first-order valence-corrected chi connectivity index (χ1v) is 7.45. The third kappa shape index (κ3) is 2.94. The number of hydrogen-bond donors (Lipinski definition) is 1. The SMILES string of the molecule is Cc1noc(C)c1-c1ccc(NC2CCC(=O)C2)c([N+](=O)[O-])c1. The van der Waals surface area contributed by atoms with Crippen LogP contribution in [0.4, 0.5) is 11.4 Å². The van der Waals surface area contributed by atoms with Crippen molar-refractivity contribution < 1.29 is 14.2 Å². The van der Waals surface area contributed by atoms with E-state index in [9.17, 15) is 14.9 Å². The fourth-order valence-corrected chi connectivity index (χ4v) is 3.01. The summed E-state index contributed by atoms with van der Waals surface area (Å²) in [7, 11) is 0. The summed E-state index contributed by atoms with van der Waals surface area (Å²) in [5.74, 6) is 0.816. The first kappa shape index (κ1) is 15.2. The van der Waals surface area contributed by atoms with E-state index in [1.807, 2.05) is 0 Å². The van der Waals surface area contributed by atoms with Crippen LogP contribution in [0.5, 0.6) is 0 Å². The standard InChI is InChI=1S/C16H17N3O4/c1-9-16(10(2)23-18-9)11-3-6-14(15(7-11)19(21)22)17-12-4-5-13(20)8-12/h3,6-7,12,17H,4-5,8H2,1-2H3. The molecule has 1 N–H and O–H groups in total. The highest BCUT2D eigenvalue weighted by atomic mass is 16.6. The Morgan fingerprint density at radius 3 is 2.74 bits per heavy atom. The molecule has 1 aromatic heterocycles. The highest BCUT2D eigenvalue weighted by Crippen LogP contribution is 2.35. The minimum Gasteiger partial charge on any atom is -0.376 e. The van der Waals surface area contributed by atoms with Crippen LogP contribution in [-0.2, 0) is 4.79 Å². The van der Waals surface area contributed by atoms with Crippen molar-refractivity contribution in [3.05, 3.63) is 39.8 Å². The Balaban J connectivity index is 1.96. The quantitative estimate of drug-likeness (QED) is 0.686. The Labute approximate surface area is 132 Å². The molecule has 1 saturated carbocycles. The number of Topliss-reactive ketones (excluding diaryl/α,β-unsaturated/α-hetero) is 1. The third-order valence-corrected chi connectivity index (χ3v) is 4.12. The summed E-state index contributed by atoms with van der Waals surface area (Å²) in [6.45, 7) is 3.57. The van der Waals surface area contributed by atoms with E-state index in [0.717, 1.165) is 5.56 Å². The predicted octanol–water partition coefficient (Wildman–Crippen LogP) is 3.40. The number of benzene rings is 1. The zero-order chi connectivity index (χ0) is 16.6. The van der Waals surface area contributed by atoms with Crippen LogP contribution in [0.15, 0.2) is 22.7 Å². The molecular formula is C16H17N3O4. The number of carbonyl (C=O) groups is 1. The van der Waals surface area contributed by atoms with Crippen LogP contribution in [0.3, 0.4) is 0 Å². The number of hydrogen-bond acceptors (Lipinski definition) is 6. The molecule has 0 radical (unpaired) electrons. The Hall–Kier alpha value is -2.70. The van der Waals surface area contributed by atoms with Crippen molar-refractivity contribution in [1.29, 1.82) is 0 Å². The average Bonchev–Trinajstić information content (AvgIpc) is 3.05. The molecule has 23 heavy (non-hydrogen) atoms. The summed E-state index contributed by atoms with van der Waals surface area (Å²) >= 11 is 0.